The van der Waals surface area contributed by atoms with Crippen molar-refractivity contribution in [3.63, 3.8) is 0 Å². The number of anilines is 1. The molecule has 1 fully saturated rings. The number of nitrogens with one attached hydrogen (secondary N) is 2. The fourth-order valence-corrected chi connectivity index (χ4v) is 1.89. The first-order valence-electron chi connectivity index (χ1n) is 6.27. The Bertz CT molecular complexity index is 528. The van der Waals surface area contributed by atoms with Gasteiger partial charge in [0.1, 0.15) is 0 Å². The first-order chi connectivity index (χ1) is 9.60. The molecule has 0 saturated carbocycles. The summed E-state index contributed by atoms with van der Waals surface area (Å²) >= 11 is 0. The third-order valence-electron chi connectivity index (χ3n) is 2.95. The fourth-order valence-electron chi connectivity index (χ4n) is 1.89. The molecule has 1 saturated heterocycles. The lowest BCUT2D eigenvalue weighted by Crippen LogP contribution is -2.33. The summed E-state index contributed by atoms with van der Waals surface area (Å²) in [6, 6.07) is 6.75. The third-order valence-corrected chi connectivity index (χ3v) is 2.95. The van der Waals surface area contributed by atoms with Crippen molar-refractivity contribution in [2.24, 2.45) is 5.73 Å². The molecule has 7 nitrogen and oxygen atoms in total. The van der Waals surface area contributed by atoms with Gasteiger partial charge in [0.25, 0.3) is 0 Å². The van der Waals surface area contributed by atoms with Crippen LogP contribution in [0.15, 0.2) is 24.3 Å². The Morgan fingerprint density at radius 3 is 2.85 bits per heavy atom. The molecule has 0 atom stereocenters. The summed E-state index contributed by atoms with van der Waals surface area (Å²) in [5.41, 5.74) is 7.08. The van der Waals surface area contributed by atoms with Gasteiger partial charge in [0, 0.05) is 25.2 Å². The maximum atomic E-state index is 11.8. The predicted octanol–water partition coefficient (Wildman–Crippen LogP) is 0.0257. The minimum Gasteiger partial charge on any atom is -0.329 e. The van der Waals surface area contributed by atoms with Crippen LogP contribution in [0.4, 0.5) is 10.5 Å². The summed E-state index contributed by atoms with van der Waals surface area (Å²) in [5, 5.41) is 5.11. The van der Waals surface area contributed by atoms with Gasteiger partial charge >= 0.3 is 6.03 Å². The number of carbonyl (C=O) groups excluding carboxylic acids is 3. The molecule has 0 spiro atoms. The van der Waals surface area contributed by atoms with E-state index in [4.69, 9.17) is 5.73 Å². The molecule has 2 rings (SSSR count). The molecule has 0 radical (unpaired) electrons. The Balaban J connectivity index is 1.86. The molecule has 0 unspecified atom stereocenters. The van der Waals surface area contributed by atoms with Gasteiger partial charge in [-0.1, -0.05) is 12.1 Å². The largest absolute Gasteiger partial charge is 0.329 e. The number of amides is 4. The molecule has 7 heteroatoms. The number of imide groups is 1. The molecule has 1 aliphatic rings. The number of nitrogens with two attached hydrogens (primary N) is 1. The molecule has 1 aromatic rings. The highest BCUT2D eigenvalue weighted by Gasteiger charge is 2.28. The standard InChI is InChI=1S/C13H16N4O3/c14-7-9-2-1-3-10(6-9)16-11(18)4-5-17-12(19)8-15-13(17)20/h1-3,6H,4-5,7-8,14H2,(H,15,20)(H,16,18). The summed E-state index contributed by atoms with van der Waals surface area (Å²) in [6.45, 7) is 0.470. The summed E-state index contributed by atoms with van der Waals surface area (Å²) in [4.78, 5) is 35.4. The van der Waals surface area contributed by atoms with E-state index in [-0.39, 0.29) is 31.3 Å². The smallest absolute Gasteiger partial charge is 0.324 e. The van der Waals surface area contributed by atoms with Crippen LogP contribution in [0.5, 0.6) is 0 Å². The molecule has 1 aromatic carbocycles. The third kappa shape index (κ3) is 3.33. The van der Waals surface area contributed by atoms with Crippen LogP contribution in [-0.2, 0) is 16.1 Å². The van der Waals surface area contributed by atoms with E-state index in [9.17, 15) is 14.4 Å². The van der Waals surface area contributed by atoms with Crippen LogP contribution in [0, 0.1) is 0 Å². The van der Waals surface area contributed by atoms with Crippen LogP contribution in [0.2, 0.25) is 0 Å². The van der Waals surface area contributed by atoms with Crippen molar-refractivity contribution in [1.29, 1.82) is 0 Å². The Labute approximate surface area is 116 Å². The molecule has 0 aliphatic carbocycles. The number of hydrogen-bond donors (Lipinski definition) is 3. The van der Waals surface area contributed by atoms with Crippen LogP contribution < -0.4 is 16.4 Å². The lowest BCUT2D eigenvalue weighted by Gasteiger charge is -2.12. The van der Waals surface area contributed by atoms with Crippen molar-refractivity contribution in [1.82, 2.24) is 10.2 Å². The average molecular weight is 276 g/mol. The Morgan fingerprint density at radius 2 is 2.20 bits per heavy atom. The maximum Gasteiger partial charge on any atom is 0.324 e. The SMILES string of the molecule is NCc1cccc(NC(=O)CCN2C(=O)CNC2=O)c1. The van der Waals surface area contributed by atoms with Gasteiger partial charge in [0.2, 0.25) is 11.8 Å². The van der Waals surface area contributed by atoms with Crippen molar-refractivity contribution in [3.8, 4) is 0 Å². The minimum atomic E-state index is -0.451. The molecule has 106 valence electrons. The van der Waals surface area contributed by atoms with E-state index in [1.807, 2.05) is 6.07 Å². The van der Waals surface area contributed by atoms with E-state index < -0.39 is 6.03 Å². The topological polar surface area (TPSA) is 105 Å². The van der Waals surface area contributed by atoms with Gasteiger partial charge in [0.15, 0.2) is 0 Å². The van der Waals surface area contributed by atoms with Crippen LogP contribution in [0.1, 0.15) is 12.0 Å². The second kappa shape index (κ2) is 6.16. The van der Waals surface area contributed by atoms with Crippen molar-refractivity contribution in [2.45, 2.75) is 13.0 Å². The summed E-state index contributed by atoms with van der Waals surface area (Å²) < 4.78 is 0. The second-order valence-corrected chi connectivity index (χ2v) is 4.41. The normalized spacial score (nSPS) is 14.3. The van der Waals surface area contributed by atoms with E-state index in [0.29, 0.717) is 12.2 Å². The number of benzene rings is 1. The highest BCUT2D eigenvalue weighted by atomic mass is 16.2. The number of nitrogens with zero attached hydrogens (tertiary/aromatic N) is 1. The zero-order chi connectivity index (χ0) is 14.5. The van der Waals surface area contributed by atoms with E-state index in [2.05, 4.69) is 10.6 Å². The van der Waals surface area contributed by atoms with Crippen LogP contribution in [0.25, 0.3) is 0 Å². The van der Waals surface area contributed by atoms with E-state index in [1.165, 1.54) is 0 Å². The number of hydrogen-bond acceptors (Lipinski definition) is 4. The van der Waals surface area contributed by atoms with Crippen LogP contribution in [0.3, 0.4) is 0 Å². The van der Waals surface area contributed by atoms with Gasteiger partial charge in [0.05, 0.1) is 6.54 Å². The van der Waals surface area contributed by atoms with E-state index in [1.54, 1.807) is 18.2 Å². The van der Waals surface area contributed by atoms with Gasteiger partial charge in [-0.2, -0.15) is 0 Å². The van der Waals surface area contributed by atoms with Crippen molar-refractivity contribution in [2.75, 3.05) is 18.4 Å². The molecular weight excluding hydrogens is 260 g/mol. The number of urea groups is 1. The van der Waals surface area contributed by atoms with Gasteiger partial charge in [-0.25, -0.2) is 4.79 Å². The van der Waals surface area contributed by atoms with Gasteiger partial charge in [-0.05, 0) is 17.7 Å². The fraction of sp³-hybridized carbons (Fsp3) is 0.308. The molecule has 20 heavy (non-hydrogen) atoms. The zero-order valence-corrected chi connectivity index (χ0v) is 10.9. The van der Waals surface area contributed by atoms with Crippen molar-refractivity contribution in [3.05, 3.63) is 29.8 Å². The minimum absolute atomic E-state index is 0.000994. The number of carbonyl (C=O) groups is 3. The zero-order valence-electron chi connectivity index (χ0n) is 10.9. The van der Waals surface area contributed by atoms with Crippen LogP contribution in [-0.4, -0.2) is 35.8 Å². The monoisotopic (exact) mass is 276 g/mol. The average Bonchev–Trinajstić information content (AvgIpc) is 2.76. The van der Waals surface area contributed by atoms with Crippen molar-refractivity contribution < 1.29 is 14.4 Å². The molecule has 1 aliphatic heterocycles. The maximum absolute atomic E-state index is 11.8. The molecule has 4 N–H and O–H groups in total. The lowest BCUT2D eigenvalue weighted by molar-refractivity contribution is -0.125. The van der Waals surface area contributed by atoms with Crippen LogP contribution >= 0.6 is 0 Å². The Morgan fingerprint density at radius 1 is 1.40 bits per heavy atom. The lowest BCUT2D eigenvalue weighted by atomic mass is 10.2. The molecule has 0 bridgehead atoms. The highest BCUT2D eigenvalue weighted by Crippen LogP contribution is 2.10. The summed E-state index contributed by atoms with van der Waals surface area (Å²) in [6.07, 6.45) is 0.0615. The molecule has 4 amide bonds. The van der Waals surface area contributed by atoms with E-state index in [0.717, 1.165) is 10.5 Å². The summed E-state index contributed by atoms with van der Waals surface area (Å²) in [7, 11) is 0. The highest BCUT2D eigenvalue weighted by molar-refractivity contribution is 6.02. The molecule has 0 aromatic heterocycles. The molecule has 1 heterocycles. The summed E-state index contributed by atoms with van der Waals surface area (Å²) in [5.74, 6) is -0.570. The molecular formula is C13H16N4O3. The first kappa shape index (κ1) is 14.0. The number of rotatable bonds is 5. The Hall–Kier alpha value is -2.41. The van der Waals surface area contributed by atoms with Gasteiger partial charge in [-0.15, -0.1) is 0 Å². The Kier molecular flexibility index (Phi) is 4.31. The predicted molar refractivity (Wildman–Crippen MR) is 72.7 cm³/mol. The van der Waals surface area contributed by atoms with E-state index >= 15 is 0 Å². The second-order valence-electron chi connectivity index (χ2n) is 4.41. The van der Waals surface area contributed by atoms with Gasteiger partial charge in [-0.3, -0.25) is 14.5 Å². The quantitative estimate of drug-likeness (QED) is 0.660. The van der Waals surface area contributed by atoms with Gasteiger partial charge < -0.3 is 16.4 Å². The first-order valence-corrected chi connectivity index (χ1v) is 6.27. The van der Waals surface area contributed by atoms with Crippen molar-refractivity contribution >= 4 is 23.5 Å².